The predicted octanol–water partition coefficient (Wildman–Crippen LogP) is 4.53. The lowest BCUT2D eigenvalue weighted by molar-refractivity contribution is -0.141. The predicted molar refractivity (Wildman–Crippen MR) is 183 cm³/mol. The molecule has 0 aromatic heterocycles. The molecule has 2 aliphatic heterocycles. The first kappa shape index (κ1) is 35.3. The van der Waals surface area contributed by atoms with Crippen molar-refractivity contribution in [2.75, 3.05) is 51.7 Å². The number of likely N-dealkylation sites (tertiary alicyclic amines) is 1. The minimum absolute atomic E-state index is 0.0416. The highest BCUT2D eigenvalue weighted by Crippen LogP contribution is 2.33. The molecule has 0 unspecified atom stereocenters. The zero-order valence-corrected chi connectivity index (χ0v) is 28.8. The van der Waals surface area contributed by atoms with Crippen molar-refractivity contribution in [2.24, 2.45) is 11.8 Å². The number of carbonyl (C=O) groups excluding carboxylic acids is 4. The molecule has 260 valence electrons. The number of carbonyl (C=O) groups is 4. The summed E-state index contributed by atoms with van der Waals surface area (Å²) in [4.78, 5) is 58.6. The molecule has 2 atom stereocenters. The number of hydrogen-bond acceptors (Lipinski definition) is 8. The molecular weight excluding hydrogens is 610 g/mol. The second-order valence-corrected chi connectivity index (χ2v) is 14.4. The molecule has 0 spiro atoms. The number of alkyl carbamates (subject to hydrolysis) is 1. The number of esters is 1. The van der Waals surface area contributed by atoms with Crippen LogP contribution in [0.4, 0.5) is 10.5 Å². The number of amides is 3. The van der Waals surface area contributed by atoms with Crippen LogP contribution in [0.15, 0.2) is 54.6 Å². The molecule has 2 saturated heterocycles. The second-order valence-electron chi connectivity index (χ2n) is 14.4. The van der Waals surface area contributed by atoms with Crippen LogP contribution in [0.25, 0.3) is 0 Å². The van der Waals surface area contributed by atoms with Gasteiger partial charge in [-0.25, -0.2) is 9.59 Å². The van der Waals surface area contributed by atoms with Crippen LogP contribution in [0.3, 0.4) is 0 Å². The molecule has 2 aromatic rings. The normalized spacial score (nSPS) is 23.7. The third-order valence-corrected chi connectivity index (χ3v) is 9.74. The average Bonchev–Trinajstić information content (AvgIpc) is 3.53. The first-order valence-electron chi connectivity index (χ1n) is 17.3. The van der Waals surface area contributed by atoms with Gasteiger partial charge in [-0.15, -0.1) is 0 Å². The molecule has 2 N–H and O–H groups in total. The molecule has 5 rings (SSSR count). The summed E-state index contributed by atoms with van der Waals surface area (Å²) in [5, 5.41) is 5.88. The number of piperazine rings is 1. The molecule has 1 aliphatic carbocycles. The monoisotopic (exact) mass is 661 g/mol. The van der Waals surface area contributed by atoms with E-state index in [0.717, 1.165) is 58.4 Å². The van der Waals surface area contributed by atoms with Crippen LogP contribution in [0.1, 0.15) is 68.8 Å². The molecule has 2 aromatic carbocycles. The molecule has 11 heteroatoms. The van der Waals surface area contributed by atoms with Gasteiger partial charge >= 0.3 is 12.1 Å². The van der Waals surface area contributed by atoms with E-state index in [4.69, 9.17) is 9.47 Å². The number of nitrogens with zero attached hydrogens (tertiary/aromatic N) is 3. The van der Waals surface area contributed by atoms with Gasteiger partial charge in [0.05, 0.1) is 12.7 Å². The van der Waals surface area contributed by atoms with E-state index in [-0.39, 0.29) is 29.7 Å². The zero-order chi connectivity index (χ0) is 34.3. The SMILES string of the molecule is COC(=O)c1ccc(NC(=O)[C@@H]2C[C@H](N3CCN(Cc4ccccc4)CC3)CN2C(=O)C2CCC(CNC(=O)OC(C)(C)C)CC2)cc1. The number of hydrogen-bond donors (Lipinski definition) is 2. The highest BCUT2D eigenvalue weighted by Gasteiger charge is 2.44. The van der Waals surface area contributed by atoms with Crippen molar-refractivity contribution in [2.45, 2.75) is 77.1 Å². The van der Waals surface area contributed by atoms with E-state index >= 15 is 0 Å². The average molecular weight is 662 g/mol. The van der Waals surface area contributed by atoms with Crippen molar-refractivity contribution in [1.82, 2.24) is 20.0 Å². The molecule has 0 radical (unpaired) electrons. The molecule has 1 saturated carbocycles. The van der Waals surface area contributed by atoms with Gasteiger partial charge in [0.25, 0.3) is 0 Å². The van der Waals surface area contributed by atoms with Crippen molar-refractivity contribution < 1.29 is 28.7 Å². The lowest BCUT2D eigenvalue weighted by atomic mass is 9.81. The second kappa shape index (κ2) is 16.0. The number of nitrogens with one attached hydrogen (secondary N) is 2. The number of benzene rings is 2. The van der Waals surface area contributed by atoms with Crippen LogP contribution in [-0.2, 0) is 25.6 Å². The van der Waals surface area contributed by atoms with E-state index in [1.54, 1.807) is 24.3 Å². The summed E-state index contributed by atoms with van der Waals surface area (Å²) in [5.74, 6) is -0.483. The van der Waals surface area contributed by atoms with E-state index < -0.39 is 23.7 Å². The van der Waals surface area contributed by atoms with Crippen molar-refractivity contribution in [3.8, 4) is 0 Å². The third-order valence-electron chi connectivity index (χ3n) is 9.74. The molecule has 3 amide bonds. The van der Waals surface area contributed by atoms with E-state index in [2.05, 4.69) is 44.7 Å². The fourth-order valence-electron chi connectivity index (χ4n) is 7.12. The van der Waals surface area contributed by atoms with Crippen LogP contribution in [0.5, 0.6) is 0 Å². The summed E-state index contributed by atoms with van der Waals surface area (Å²) in [6.07, 6.45) is 3.26. The summed E-state index contributed by atoms with van der Waals surface area (Å²) >= 11 is 0. The quantitative estimate of drug-likeness (QED) is 0.377. The fourth-order valence-corrected chi connectivity index (χ4v) is 7.12. The Balaban J connectivity index is 1.20. The Labute approximate surface area is 284 Å². The van der Waals surface area contributed by atoms with Crippen molar-refractivity contribution in [3.63, 3.8) is 0 Å². The van der Waals surface area contributed by atoms with Gasteiger partial charge in [0.15, 0.2) is 0 Å². The van der Waals surface area contributed by atoms with E-state index in [1.807, 2.05) is 31.7 Å². The van der Waals surface area contributed by atoms with Gasteiger partial charge in [-0.05, 0) is 88.6 Å². The van der Waals surface area contributed by atoms with Gasteiger partial charge < -0.3 is 25.0 Å². The van der Waals surface area contributed by atoms with Gasteiger partial charge in [0.2, 0.25) is 11.8 Å². The van der Waals surface area contributed by atoms with Gasteiger partial charge in [0.1, 0.15) is 11.6 Å². The standard InChI is InChI=1S/C37H51N5O6/c1-37(2,3)48-36(46)38-23-26-10-12-28(13-11-26)34(44)42-25-31(41-20-18-40(19-21-41)24-27-8-6-5-7-9-27)22-32(42)33(43)39-30-16-14-29(15-17-30)35(45)47-4/h5-9,14-17,26,28,31-32H,10-13,18-25H2,1-4H3,(H,38,46)(H,39,43)/t26?,28?,31-,32-/m0/s1. The van der Waals surface area contributed by atoms with Gasteiger partial charge in [-0.2, -0.15) is 0 Å². The van der Waals surface area contributed by atoms with E-state index in [1.165, 1.54) is 12.7 Å². The Morgan fingerprint density at radius 2 is 1.54 bits per heavy atom. The Morgan fingerprint density at radius 3 is 2.17 bits per heavy atom. The Bertz CT molecular complexity index is 1400. The smallest absolute Gasteiger partial charge is 0.407 e. The summed E-state index contributed by atoms with van der Waals surface area (Å²) in [6, 6.07) is 16.6. The molecule has 3 fully saturated rings. The van der Waals surface area contributed by atoms with Gasteiger partial charge in [-0.3, -0.25) is 19.4 Å². The zero-order valence-electron chi connectivity index (χ0n) is 28.8. The highest BCUT2D eigenvalue weighted by atomic mass is 16.6. The highest BCUT2D eigenvalue weighted by molar-refractivity contribution is 5.98. The van der Waals surface area contributed by atoms with Crippen LogP contribution < -0.4 is 10.6 Å². The van der Waals surface area contributed by atoms with Crippen molar-refractivity contribution in [1.29, 1.82) is 0 Å². The van der Waals surface area contributed by atoms with E-state index in [9.17, 15) is 19.2 Å². The minimum atomic E-state index is -0.586. The van der Waals surface area contributed by atoms with Crippen molar-refractivity contribution in [3.05, 3.63) is 65.7 Å². The summed E-state index contributed by atoms with van der Waals surface area (Å²) in [5.41, 5.74) is 1.72. The van der Waals surface area contributed by atoms with Crippen LogP contribution >= 0.6 is 0 Å². The summed E-state index contributed by atoms with van der Waals surface area (Å²) in [6.45, 7) is 11.1. The number of rotatable bonds is 9. The maximum Gasteiger partial charge on any atom is 0.407 e. The van der Waals surface area contributed by atoms with Crippen LogP contribution in [-0.4, -0.2) is 103 Å². The van der Waals surface area contributed by atoms with Crippen LogP contribution in [0.2, 0.25) is 0 Å². The Morgan fingerprint density at radius 1 is 0.875 bits per heavy atom. The molecule has 11 nitrogen and oxygen atoms in total. The topological polar surface area (TPSA) is 121 Å². The minimum Gasteiger partial charge on any atom is -0.465 e. The molecule has 0 bridgehead atoms. The first-order valence-corrected chi connectivity index (χ1v) is 17.3. The first-order chi connectivity index (χ1) is 23.0. The number of anilines is 1. The lowest BCUT2D eigenvalue weighted by Gasteiger charge is -2.38. The summed E-state index contributed by atoms with van der Waals surface area (Å²) in [7, 11) is 1.33. The lowest BCUT2D eigenvalue weighted by Crippen LogP contribution is -2.51. The van der Waals surface area contributed by atoms with Gasteiger partial charge in [0, 0.05) is 63.5 Å². The van der Waals surface area contributed by atoms with Crippen LogP contribution in [0, 0.1) is 11.8 Å². The molecule has 48 heavy (non-hydrogen) atoms. The van der Waals surface area contributed by atoms with Crippen molar-refractivity contribution >= 4 is 29.6 Å². The summed E-state index contributed by atoms with van der Waals surface area (Å²) < 4.78 is 10.2. The molecule has 2 heterocycles. The molecular formula is C37H51N5O6. The third kappa shape index (κ3) is 9.56. The maximum atomic E-state index is 14.1. The Kier molecular flexibility index (Phi) is 11.8. The van der Waals surface area contributed by atoms with E-state index in [0.29, 0.717) is 30.8 Å². The largest absolute Gasteiger partial charge is 0.465 e. The fraction of sp³-hybridized carbons (Fsp3) is 0.568. The molecule has 3 aliphatic rings. The number of ether oxygens (including phenoxy) is 2. The number of methoxy groups -OCH3 is 1. The Hall–Kier alpha value is -3.96. The maximum absolute atomic E-state index is 14.1. The van der Waals surface area contributed by atoms with Gasteiger partial charge in [-0.1, -0.05) is 30.3 Å².